The van der Waals surface area contributed by atoms with Crippen molar-refractivity contribution in [1.82, 2.24) is 19.8 Å². The molecule has 0 unspecified atom stereocenters. The molecule has 0 radical (unpaired) electrons. The summed E-state index contributed by atoms with van der Waals surface area (Å²) < 4.78 is 42.1. The fourth-order valence-corrected chi connectivity index (χ4v) is 6.57. The number of piperazine rings is 1. The molecule has 0 spiro atoms. The third kappa shape index (κ3) is 5.38. The minimum absolute atomic E-state index is 0.0737. The average Bonchev–Trinajstić information content (AvgIpc) is 2.95. The van der Waals surface area contributed by atoms with Crippen LogP contribution in [0.3, 0.4) is 0 Å². The second-order valence-corrected chi connectivity index (χ2v) is 11.9. The summed E-state index contributed by atoms with van der Waals surface area (Å²) in [6.45, 7) is 10.7. The largest absolute Gasteiger partial charge is 0.488 e. The number of hydrogen-bond donors (Lipinski definition) is 1. The van der Waals surface area contributed by atoms with Gasteiger partial charge in [0.25, 0.3) is 0 Å². The lowest BCUT2D eigenvalue weighted by Crippen LogP contribution is -2.58. The topological polar surface area (TPSA) is 88.9 Å². The van der Waals surface area contributed by atoms with E-state index in [9.17, 15) is 14.0 Å². The highest BCUT2D eigenvalue weighted by Gasteiger charge is 2.36. The van der Waals surface area contributed by atoms with Crippen LogP contribution in [0.5, 0.6) is 5.75 Å². The van der Waals surface area contributed by atoms with Crippen molar-refractivity contribution >= 4 is 34.2 Å². The molecule has 1 amide bonds. The third-order valence-electron chi connectivity index (χ3n) is 8.58. The Balaban J connectivity index is 1.47. The number of nitrogens with one attached hydrogen (secondary N) is 1. The number of benzene rings is 2. The summed E-state index contributed by atoms with van der Waals surface area (Å²) in [5.74, 6) is -0.978. The number of ether oxygens (including phenoxy) is 2. The molecule has 0 aliphatic carbocycles. The van der Waals surface area contributed by atoms with Crippen LogP contribution in [0.25, 0.3) is 22.0 Å². The van der Waals surface area contributed by atoms with Gasteiger partial charge >= 0.3 is 5.69 Å². The van der Waals surface area contributed by atoms with E-state index >= 15 is 4.39 Å². The monoisotopic (exact) mass is 613 g/mol. The van der Waals surface area contributed by atoms with Crippen molar-refractivity contribution in [3.8, 4) is 16.9 Å². The van der Waals surface area contributed by atoms with Crippen molar-refractivity contribution in [2.75, 3.05) is 44.4 Å². The van der Waals surface area contributed by atoms with Gasteiger partial charge in [0.15, 0.2) is 5.75 Å². The zero-order chi connectivity index (χ0) is 30.4. The van der Waals surface area contributed by atoms with E-state index in [0.717, 1.165) is 25.1 Å². The van der Waals surface area contributed by atoms with Crippen molar-refractivity contribution < 1.29 is 23.0 Å². The smallest absolute Gasteiger partial charge is 0.350 e. The molecule has 2 aromatic carbocycles. The Morgan fingerprint density at radius 2 is 1.98 bits per heavy atom. The summed E-state index contributed by atoms with van der Waals surface area (Å²) in [6.07, 6.45) is 2.74. The van der Waals surface area contributed by atoms with Crippen LogP contribution in [0.4, 0.5) is 14.6 Å². The van der Waals surface area contributed by atoms with Crippen LogP contribution in [-0.4, -0.2) is 77.9 Å². The lowest BCUT2D eigenvalue weighted by molar-refractivity contribution is -0.128. The molecule has 43 heavy (non-hydrogen) atoms. The quantitative estimate of drug-likeness (QED) is 0.299. The molecule has 1 N–H and O–H groups in total. The van der Waals surface area contributed by atoms with Crippen LogP contribution in [0.1, 0.15) is 32.7 Å². The first-order chi connectivity index (χ1) is 20.7. The Labute approximate surface area is 253 Å². The molecule has 3 atom stereocenters. The molecule has 4 heterocycles. The van der Waals surface area contributed by atoms with Crippen molar-refractivity contribution in [1.29, 1.82) is 0 Å². The van der Waals surface area contributed by atoms with Gasteiger partial charge in [0.05, 0.1) is 35.8 Å². The standard InChI is InChI=1S/C31H34ClF2N5O4/c1-4-26(40)37-12-18(3)38(13-17(37)2)30-23-11-24(32)27(22-8-7-19(33)10-25(22)34)29-28(23)39(31(41)36-30)21(16-43-29)6-5-9-35-20-14-42-15-20/h4,7-8,10-11,17-18,20-21,35H,1,5-6,9,12-16H2,2-3H3/t17-,18+,21-/m1/s1. The lowest BCUT2D eigenvalue weighted by atomic mass is 9.98. The molecule has 1 aromatic heterocycles. The zero-order valence-corrected chi connectivity index (χ0v) is 24.9. The molecule has 228 valence electrons. The predicted molar refractivity (Wildman–Crippen MR) is 161 cm³/mol. The van der Waals surface area contributed by atoms with E-state index in [4.69, 9.17) is 21.1 Å². The van der Waals surface area contributed by atoms with Crippen molar-refractivity contribution in [2.45, 2.75) is 50.9 Å². The molecule has 12 heteroatoms. The maximum Gasteiger partial charge on any atom is 0.350 e. The number of nitrogens with zero attached hydrogens (tertiary/aromatic N) is 4. The minimum Gasteiger partial charge on any atom is -0.488 e. The first kappa shape index (κ1) is 29.5. The summed E-state index contributed by atoms with van der Waals surface area (Å²) in [6, 6.07) is 4.65. The van der Waals surface area contributed by atoms with E-state index in [2.05, 4.69) is 16.9 Å². The van der Waals surface area contributed by atoms with Gasteiger partial charge in [-0.1, -0.05) is 18.2 Å². The predicted octanol–water partition coefficient (Wildman–Crippen LogP) is 4.31. The summed E-state index contributed by atoms with van der Waals surface area (Å²) >= 11 is 6.84. The normalized spacial score (nSPS) is 21.9. The second kappa shape index (κ2) is 11.9. The molecule has 6 rings (SSSR count). The number of halogens is 3. The number of carbonyl (C=O) groups is 1. The Morgan fingerprint density at radius 3 is 2.67 bits per heavy atom. The van der Waals surface area contributed by atoms with Crippen LogP contribution in [0.2, 0.25) is 5.02 Å². The number of amides is 1. The molecule has 0 saturated carbocycles. The maximum atomic E-state index is 15.1. The van der Waals surface area contributed by atoms with Crippen LogP contribution >= 0.6 is 11.6 Å². The molecule has 3 aromatic rings. The molecule has 0 bridgehead atoms. The van der Waals surface area contributed by atoms with Gasteiger partial charge in [-0.2, -0.15) is 4.98 Å². The highest BCUT2D eigenvalue weighted by molar-refractivity contribution is 6.35. The Hall–Kier alpha value is -3.54. The van der Waals surface area contributed by atoms with Gasteiger partial charge in [-0.05, 0) is 57.5 Å². The summed E-state index contributed by atoms with van der Waals surface area (Å²) in [5, 5.41) is 4.22. The van der Waals surface area contributed by atoms with E-state index in [1.165, 1.54) is 12.1 Å². The average molecular weight is 614 g/mol. The van der Waals surface area contributed by atoms with Crippen LogP contribution in [-0.2, 0) is 9.53 Å². The summed E-state index contributed by atoms with van der Waals surface area (Å²) in [5.41, 5.74) is 0.350. The van der Waals surface area contributed by atoms with E-state index in [1.54, 1.807) is 15.5 Å². The van der Waals surface area contributed by atoms with Crippen LogP contribution in [0.15, 0.2) is 41.7 Å². The first-order valence-corrected chi connectivity index (χ1v) is 14.9. The summed E-state index contributed by atoms with van der Waals surface area (Å²) in [7, 11) is 0. The van der Waals surface area contributed by atoms with Crippen LogP contribution in [0, 0.1) is 11.6 Å². The van der Waals surface area contributed by atoms with Crippen LogP contribution < -0.4 is 20.6 Å². The van der Waals surface area contributed by atoms with E-state index in [1.807, 2.05) is 18.7 Å². The van der Waals surface area contributed by atoms with Gasteiger partial charge < -0.3 is 24.6 Å². The van der Waals surface area contributed by atoms with Gasteiger partial charge in [-0.25, -0.2) is 13.6 Å². The summed E-state index contributed by atoms with van der Waals surface area (Å²) in [4.78, 5) is 34.7. The van der Waals surface area contributed by atoms with Crippen molar-refractivity contribution in [3.63, 3.8) is 0 Å². The fraction of sp³-hybridized carbons (Fsp3) is 0.452. The van der Waals surface area contributed by atoms with Crippen molar-refractivity contribution in [2.24, 2.45) is 0 Å². The molecule has 2 fully saturated rings. The number of rotatable bonds is 8. The molecule has 3 aliphatic rings. The highest BCUT2D eigenvalue weighted by Crippen LogP contribution is 2.47. The zero-order valence-electron chi connectivity index (χ0n) is 24.1. The van der Waals surface area contributed by atoms with Gasteiger partial charge in [-0.3, -0.25) is 9.36 Å². The van der Waals surface area contributed by atoms with E-state index < -0.39 is 17.3 Å². The fourth-order valence-electron chi connectivity index (χ4n) is 6.28. The molecular weight excluding hydrogens is 580 g/mol. The van der Waals surface area contributed by atoms with Gasteiger partial charge in [0.2, 0.25) is 5.91 Å². The number of hydrogen-bond acceptors (Lipinski definition) is 7. The van der Waals surface area contributed by atoms with E-state index in [0.29, 0.717) is 55.5 Å². The lowest BCUT2D eigenvalue weighted by Gasteiger charge is -2.45. The Kier molecular flexibility index (Phi) is 8.14. The molecule has 3 aliphatic heterocycles. The van der Waals surface area contributed by atoms with Gasteiger partial charge in [0.1, 0.15) is 24.1 Å². The first-order valence-electron chi connectivity index (χ1n) is 14.6. The third-order valence-corrected chi connectivity index (χ3v) is 8.88. The van der Waals surface area contributed by atoms with Gasteiger partial charge in [-0.15, -0.1) is 0 Å². The molecule has 2 saturated heterocycles. The Morgan fingerprint density at radius 1 is 1.19 bits per heavy atom. The number of carbonyl (C=O) groups excluding carboxylic acids is 1. The minimum atomic E-state index is -0.789. The molecular formula is C31H34ClF2N5O4. The van der Waals surface area contributed by atoms with Crippen molar-refractivity contribution in [3.05, 3.63) is 64.1 Å². The van der Waals surface area contributed by atoms with Gasteiger partial charge in [0, 0.05) is 47.8 Å². The molecule has 9 nitrogen and oxygen atoms in total. The maximum absolute atomic E-state index is 15.1. The highest BCUT2D eigenvalue weighted by atomic mass is 35.5. The SMILES string of the molecule is C=CC(=O)N1C[C@H](C)N(c2nc(=O)n3c4c(c(-c5ccc(F)cc5F)c(Cl)cc24)OC[C@H]3CCCNC2COC2)C[C@H]1C. The number of anilines is 1. The second-order valence-electron chi connectivity index (χ2n) is 11.5. The van der Waals surface area contributed by atoms with E-state index in [-0.39, 0.29) is 52.5 Å². The Bertz CT molecular complexity index is 1640. The number of aromatic nitrogens is 2.